The third-order valence-corrected chi connectivity index (χ3v) is 3.45. The van der Waals surface area contributed by atoms with Crippen LogP contribution in [0.2, 0.25) is 0 Å². The highest BCUT2D eigenvalue weighted by Crippen LogP contribution is 2.21. The van der Waals surface area contributed by atoms with Gasteiger partial charge in [0, 0.05) is 22.8 Å². The highest BCUT2D eigenvalue weighted by atomic mass is 79.9. The van der Waals surface area contributed by atoms with E-state index in [0.717, 1.165) is 30.4 Å². The van der Waals surface area contributed by atoms with E-state index in [4.69, 9.17) is 0 Å². The lowest BCUT2D eigenvalue weighted by Gasteiger charge is -2.30. The van der Waals surface area contributed by atoms with Gasteiger partial charge in [0.1, 0.15) is 0 Å². The summed E-state index contributed by atoms with van der Waals surface area (Å²) in [6, 6.07) is 3.79. The number of hydrogen-bond acceptors (Lipinski definition) is 2. The maximum atomic E-state index is 11.7. The molecule has 2 rings (SSSR count). The summed E-state index contributed by atoms with van der Waals surface area (Å²) in [4.78, 5) is 14.0. The van der Waals surface area contributed by atoms with Crippen LogP contribution in [-0.4, -0.2) is 29.6 Å². The van der Waals surface area contributed by atoms with Crippen molar-refractivity contribution in [1.82, 2.24) is 9.47 Å². The Hall–Kier alpha value is -0.610. The number of aromatic nitrogens is 1. The fourth-order valence-electron chi connectivity index (χ4n) is 2.03. The van der Waals surface area contributed by atoms with Crippen LogP contribution in [-0.2, 0) is 0 Å². The van der Waals surface area contributed by atoms with Crippen LogP contribution < -0.4 is 5.56 Å². The summed E-state index contributed by atoms with van der Waals surface area (Å²) in [6.45, 7) is 2.15. The first-order chi connectivity index (χ1) is 7.16. The van der Waals surface area contributed by atoms with E-state index in [1.54, 1.807) is 12.1 Å². The summed E-state index contributed by atoms with van der Waals surface area (Å²) in [5.41, 5.74) is 0.104. The first-order valence-corrected chi connectivity index (χ1v) is 6.02. The van der Waals surface area contributed by atoms with Crippen molar-refractivity contribution >= 4 is 15.9 Å². The van der Waals surface area contributed by atoms with Gasteiger partial charge in [0.15, 0.2) is 0 Å². The monoisotopic (exact) mass is 270 g/mol. The van der Waals surface area contributed by atoms with Crippen LogP contribution in [0, 0.1) is 0 Å². The van der Waals surface area contributed by atoms with Crippen molar-refractivity contribution in [2.75, 3.05) is 20.1 Å². The topological polar surface area (TPSA) is 25.2 Å². The summed E-state index contributed by atoms with van der Waals surface area (Å²) in [5, 5.41) is 0. The van der Waals surface area contributed by atoms with E-state index in [2.05, 4.69) is 27.9 Å². The molecule has 1 aliphatic rings. The zero-order chi connectivity index (χ0) is 10.8. The molecule has 2 heterocycles. The van der Waals surface area contributed by atoms with Gasteiger partial charge in [-0.3, -0.25) is 4.79 Å². The summed E-state index contributed by atoms with van der Waals surface area (Å²) >= 11 is 3.40. The van der Waals surface area contributed by atoms with Crippen molar-refractivity contribution in [2.45, 2.75) is 18.9 Å². The molecule has 1 fully saturated rings. The number of halogens is 1. The molecule has 0 atom stereocenters. The van der Waals surface area contributed by atoms with Gasteiger partial charge in [-0.2, -0.15) is 0 Å². The number of rotatable bonds is 1. The van der Waals surface area contributed by atoms with Crippen LogP contribution in [0.5, 0.6) is 0 Å². The van der Waals surface area contributed by atoms with E-state index >= 15 is 0 Å². The number of hydrogen-bond donors (Lipinski definition) is 0. The Kier molecular flexibility index (Phi) is 3.26. The summed E-state index contributed by atoms with van der Waals surface area (Å²) in [5.74, 6) is 0. The SMILES string of the molecule is CN1CCC(n2cc(Br)ccc2=O)CC1. The van der Waals surface area contributed by atoms with E-state index in [9.17, 15) is 4.79 Å². The molecule has 3 nitrogen and oxygen atoms in total. The predicted molar refractivity (Wildman–Crippen MR) is 64.2 cm³/mol. The zero-order valence-electron chi connectivity index (χ0n) is 8.82. The fourth-order valence-corrected chi connectivity index (χ4v) is 2.39. The number of nitrogens with zero attached hydrogens (tertiary/aromatic N) is 2. The third-order valence-electron chi connectivity index (χ3n) is 2.98. The lowest BCUT2D eigenvalue weighted by molar-refractivity contribution is 0.218. The summed E-state index contributed by atoms with van der Waals surface area (Å²) < 4.78 is 2.83. The molecule has 0 amide bonds. The van der Waals surface area contributed by atoms with Crippen LogP contribution >= 0.6 is 15.9 Å². The largest absolute Gasteiger partial charge is 0.311 e. The molecule has 1 aromatic rings. The minimum Gasteiger partial charge on any atom is -0.311 e. The molecule has 0 unspecified atom stereocenters. The van der Waals surface area contributed by atoms with Gasteiger partial charge in [-0.25, -0.2) is 0 Å². The van der Waals surface area contributed by atoms with Crippen molar-refractivity contribution in [1.29, 1.82) is 0 Å². The van der Waals surface area contributed by atoms with Crippen LogP contribution in [0.15, 0.2) is 27.6 Å². The predicted octanol–water partition coefficient (Wildman–Crippen LogP) is 1.88. The average Bonchev–Trinajstić information content (AvgIpc) is 2.23. The first kappa shape index (κ1) is 10.9. The van der Waals surface area contributed by atoms with Crippen molar-refractivity contribution in [2.24, 2.45) is 0 Å². The van der Waals surface area contributed by atoms with Gasteiger partial charge in [0.05, 0.1) is 0 Å². The van der Waals surface area contributed by atoms with Gasteiger partial charge in [0.25, 0.3) is 5.56 Å². The standard InChI is InChI=1S/C11H15BrN2O/c1-13-6-4-10(5-7-13)14-8-9(12)2-3-11(14)15/h2-3,8,10H,4-7H2,1H3. The van der Waals surface area contributed by atoms with Crippen molar-refractivity contribution in [3.8, 4) is 0 Å². The number of pyridine rings is 1. The highest BCUT2D eigenvalue weighted by Gasteiger charge is 2.18. The molecule has 0 spiro atoms. The molecule has 0 bridgehead atoms. The summed E-state index contributed by atoms with van der Waals surface area (Å²) in [7, 11) is 2.12. The van der Waals surface area contributed by atoms with Gasteiger partial charge in [-0.1, -0.05) is 0 Å². The van der Waals surface area contributed by atoms with Crippen LogP contribution in [0.25, 0.3) is 0 Å². The molecule has 1 aromatic heterocycles. The number of likely N-dealkylation sites (tertiary alicyclic amines) is 1. The Bertz CT molecular complexity index is 394. The van der Waals surface area contributed by atoms with Gasteiger partial charge < -0.3 is 9.47 Å². The van der Waals surface area contributed by atoms with Crippen molar-refractivity contribution in [3.05, 3.63) is 33.2 Å². The van der Waals surface area contributed by atoms with Crippen molar-refractivity contribution in [3.63, 3.8) is 0 Å². The lowest BCUT2D eigenvalue weighted by atomic mass is 10.1. The van der Waals surface area contributed by atoms with Crippen molar-refractivity contribution < 1.29 is 0 Å². The molecule has 0 aromatic carbocycles. The Labute approximate surface area is 97.8 Å². The highest BCUT2D eigenvalue weighted by molar-refractivity contribution is 9.10. The van der Waals surface area contributed by atoms with E-state index in [0.29, 0.717) is 6.04 Å². The third kappa shape index (κ3) is 2.49. The average molecular weight is 271 g/mol. The maximum Gasteiger partial charge on any atom is 0.250 e. The molecule has 15 heavy (non-hydrogen) atoms. The molecular formula is C11H15BrN2O. The van der Waals surface area contributed by atoms with Crippen LogP contribution in [0.4, 0.5) is 0 Å². The smallest absolute Gasteiger partial charge is 0.250 e. The molecular weight excluding hydrogens is 256 g/mol. The molecule has 82 valence electrons. The Morgan fingerprint density at radius 2 is 2.00 bits per heavy atom. The first-order valence-electron chi connectivity index (χ1n) is 5.23. The van der Waals surface area contributed by atoms with E-state index < -0.39 is 0 Å². The Morgan fingerprint density at radius 1 is 1.33 bits per heavy atom. The lowest BCUT2D eigenvalue weighted by Crippen LogP contribution is -2.35. The fraction of sp³-hybridized carbons (Fsp3) is 0.545. The second-order valence-electron chi connectivity index (χ2n) is 4.13. The van der Waals surface area contributed by atoms with E-state index in [-0.39, 0.29) is 5.56 Å². The van der Waals surface area contributed by atoms with Gasteiger partial charge in [0.2, 0.25) is 0 Å². The van der Waals surface area contributed by atoms with E-state index in [1.807, 2.05) is 10.8 Å². The minimum absolute atomic E-state index is 0.104. The summed E-state index contributed by atoms with van der Waals surface area (Å²) in [6.07, 6.45) is 4.03. The second kappa shape index (κ2) is 4.49. The molecule has 4 heteroatoms. The second-order valence-corrected chi connectivity index (χ2v) is 5.04. The number of piperidine rings is 1. The molecule has 0 N–H and O–H groups in total. The molecule has 1 aliphatic heterocycles. The van der Waals surface area contributed by atoms with Crippen LogP contribution in [0.1, 0.15) is 18.9 Å². The van der Waals surface area contributed by atoms with Gasteiger partial charge >= 0.3 is 0 Å². The van der Waals surface area contributed by atoms with Gasteiger partial charge in [-0.15, -0.1) is 0 Å². The zero-order valence-corrected chi connectivity index (χ0v) is 10.4. The normalized spacial score (nSPS) is 19.3. The molecule has 1 saturated heterocycles. The molecule has 0 saturated carbocycles. The Balaban J connectivity index is 2.22. The van der Waals surface area contributed by atoms with Crippen LogP contribution in [0.3, 0.4) is 0 Å². The van der Waals surface area contributed by atoms with E-state index in [1.165, 1.54) is 0 Å². The Morgan fingerprint density at radius 3 is 2.67 bits per heavy atom. The molecule has 0 radical (unpaired) electrons. The quantitative estimate of drug-likeness (QED) is 0.779. The maximum absolute atomic E-state index is 11.7. The molecule has 0 aliphatic carbocycles. The van der Waals surface area contributed by atoms with Gasteiger partial charge in [-0.05, 0) is 55.0 Å². The minimum atomic E-state index is 0.104.